The Bertz CT molecular complexity index is 696. The third-order valence-electron chi connectivity index (χ3n) is 3.63. The fourth-order valence-electron chi connectivity index (χ4n) is 2.43. The average molecular weight is 315 g/mol. The Balaban J connectivity index is 1.68. The number of anilines is 1. The van der Waals surface area contributed by atoms with E-state index in [1.807, 2.05) is 12.1 Å². The van der Waals surface area contributed by atoms with Crippen molar-refractivity contribution in [2.45, 2.75) is 39.2 Å². The first kappa shape index (κ1) is 15.5. The van der Waals surface area contributed by atoms with Gasteiger partial charge in [-0.15, -0.1) is 0 Å². The zero-order chi connectivity index (χ0) is 16.6. The molecule has 0 aliphatic carbocycles. The first-order chi connectivity index (χ1) is 10.8. The van der Waals surface area contributed by atoms with Crippen LogP contribution in [0.2, 0.25) is 0 Å². The van der Waals surface area contributed by atoms with Gasteiger partial charge in [0.05, 0.1) is 17.8 Å². The minimum Gasteiger partial charge on any atom is -0.379 e. The summed E-state index contributed by atoms with van der Waals surface area (Å²) in [6.45, 7) is 9.12. The molecule has 3 rings (SSSR count). The monoisotopic (exact) mass is 315 g/mol. The number of nitrogens with one attached hydrogen (secondary N) is 1. The highest BCUT2D eigenvalue weighted by molar-refractivity contribution is 5.74. The molecule has 0 spiro atoms. The summed E-state index contributed by atoms with van der Waals surface area (Å²) in [4.78, 5) is 21.7. The third kappa shape index (κ3) is 3.49. The number of carbonyl (C=O) groups is 1. The number of nitrogens with zero attached hydrogens (tertiary/aromatic N) is 4. The molecule has 1 aliphatic rings. The SMILES string of the molecule is CC(=O)N1CC(c2nc(-c3ccc(NC(C)(C)C)cn3)no2)C1. The number of aromatic nitrogens is 3. The lowest BCUT2D eigenvalue weighted by molar-refractivity contribution is -0.133. The van der Waals surface area contributed by atoms with Crippen LogP contribution in [-0.4, -0.2) is 44.6 Å². The third-order valence-corrected chi connectivity index (χ3v) is 3.63. The number of likely N-dealkylation sites (tertiary alicyclic amines) is 1. The van der Waals surface area contributed by atoms with E-state index >= 15 is 0 Å². The van der Waals surface area contributed by atoms with E-state index in [0.717, 1.165) is 5.69 Å². The van der Waals surface area contributed by atoms with E-state index in [1.54, 1.807) is 18.0 Å². The summed E-state index contributed by atoms with van der Waals surface area (Å²) < 4.78 is 5.31. The van der Waals surface area contributed by atoms with Crippen LogP contribution in [0.5, 0.6) is 0 Å². The van der Waals surface area contributed by atoms with Gasteiger partial charge in [0.2, 0.25) is 17.6 Å². The standard InChI is InChI=1S/C16H21N5O2/c1-10(22)21-8-11(9-21)15-18-14(20-23-15)13-6-5-12(7-17-13)19-16(2,3)4/h5-7,11,19H,8-9H2,1-4H3. The maximum atomic E-state index is 11.2. The van der Waals surface area contributed by atoms with Gasteiger partial charge in [-0.2, -0.15) is 4.98 Å². The molecule has 7 nitrogen and oxygen atoms in total. The Kier molecular flexibility index (Phi) is 3.79. The van der Waals surface area contributed by atoms with Gasteiger partial charge < -0.3 is 14.7 Å². The van der Waals surface area contributed by atoms with Crippen molar-refractivity contribution in [2.75, 3.05) is 18.4 Å². The van der Waals surface area contributed by atoms with Crippen LogP contribution in [0, 0.1) is 0 Å². The van der Waals surface area contributed by atoms with Crippen LogP contribution in [0.1, 0.15) is 39.5 Å². The normalized spacial score (nSPS) is 15.4. The maximum absolute atomic E-state index is 11.2. The van der Waals surface area contributed by atoms with E-state index in [-0.39, 0.29) is 17.4 Å². The van der Waals surface area contributed by atoms with Crippen molar-refractivity contribution >= 4 is 11.6 Å². The number of rotatable bonds is 3. The van der Waals surface area contributed by atoms with Crippen molar-refractivity contribution in [1.82, 2.24) is 20.0 Å². The molecule has 0 atom stereocenters. The summed E-state index contributed by atoms with van der Waals surface area (Å²) in [5.74, 6) is 1.24. The molecular formula is C16H21N5O2. The van der Waals surface area contributed by atoms with Crippen molar-refractivity contribution in [3.63, 3.8) is 0 Å². The van der Waals surface area contributed by atoms with Crippen LogP contribution < -0.4 is 5.32 Å². The highest BCUT2D eigenvalue weighted by atomic mass is 16.5. The highest BCUT2D eigenvalue weighted by Crippen LogP contribution is 2.27. The van der Waals surface area contributed by atoms with Crippen molar-refractivity contribution in [3.8, 4) is 11.5 Å². The van der Waals surface area contributed by atoms with Crippen LogP contribution in [0.3, 0.4) is 0 Å². The van der Waals surface area contributed by atoms with Crippen molar-refractivity contribution in [2.24, 2.45) is 0 Å². The summed E-state index contributed by atoms with van der Waals surface area (Å²) in [7, 11) is 0. The number of amides is 1. The zero-order valence-corrected chi connectivity index (χ0v) is 13.8. The summed E-state index contributed by atoms with van der Waals surface area (Å²) in [5, 5.41) is 7.34. The molecule has 1 fully saturated rings. The second-order valence-electron chi connectivity index (χ2n) is 6.88. The Morgan fingerprint density at radius 3 is 2.65 bits per heavy atom. The second-order valence-corrected chi connectivity index (χ2v) is 6.88. The van der Waals surface area contributed by atoms with E-state index < -0.39 is 0 Å². The number of pyridine rings is 1. The molecule has 0 saturated carbocycles. The van der Waals surface area contributed by atoms with Gasteiger partial charge in [0.15, 0.2) is 0 Å². The average Bonchev–Trinajstić information content (AvgIpc) is 2.85. The molecule has 2 aromatic rings. The first-order valence-electron chi connectivity index (χ1n) is 7.65. The summed E-state index contributed by atoms with van der Waals surface area (Å²) in [6.07, 6.45) is 1.76. The summed E-state index contributed by atoms with van der Waals surface area (Å²) in [5.41, 5.74) is 1.60. The molecule has 23 heavy (non-hydrogen) atoms. The van der Waals surface area contributed by atoms with Crippen LogP contribution in [-0.2, 0) is 4.79 Å². The molecule has 1 saturated heterocycles. The van der Waals surface area contributed by atoms with Crippen LogP contribution in [0.25, 0.3) is 11.5 Å². The number of carbonyl (C=O) groups excluding carboxylic acids is 1. The van der Waals surface area contributed by atoms with E-state index in [9.17, 15) is 4.79 Å². The molecule has 1 amide bonds. The lowest BCUT2D eigenvalue weighted by Gasteiger charge is -2.36. The van der Waals surface area contributed by atoms with Gasteiger partial charge in [0.25, 0.3) is 0 Å². The van der Waals surface area contributed by atoms with Crippen LogP contribution in [0.4, 0.5) is 5.69 Å². The Hall–Kier alpha value is -2.44. The van der Waals surface area contributed by atoms with E-state index in [1.165, 1.54) is 0 Å². The zero-order valence-electron chi connectivity index (χ0n) is 13.8. The van der Waals surface area contributed by atoms with Crippen molar-refractivity contribution in [1.29, 1.82) is 0 Å². The van der Waals surface area contributed by atoms with Gasteiger partial charge in [-0.25, -0.2) is 0 Å². The number of hydrogen-bond acceptors (Lipinski definition) is 6. The fraction of sp³-hybridized carbons (Fsp3) is 0.500. The summed E-state index contributed by atoms with van der Waals surface area (Å²) >= 11 is 0. The molecule has 0 aromatic carbocycles. The molecule has 3 heterocycles. The van der Waals surface area contributed by atoms with Crippen molar-refractivity contribution in [3.05, 3.63) is 24.2 Å². The molecule has 1 N–H and O–H groups in total. The molecule has 1 aliphatic heterocycles. The molecule has 0 radical (unpaired) electrons. The predicted octanol–water partition coefficient (Wildman–Crippen LogP) is 2.29. The van der Waals surface area contributed by atoms with Gasteiger partial charge in [-0.05, 0) is 32.9 Å². The van der Waals surface area contributed by atoms with E-state index in [4.69, 9.17) is 4.52 Å². The summed E-state index contributed by atoms with van der Waals surface area (Å²) in [6, 6.07) is 3.82. The molecule has 2 aromatic heterocycles. The Morgan fingerprint density at radius 2 is 2.09 bits per heavy atom. The highest BCUT2D eigenvalue weighted by Gasteiger charge is 2.34. The second kappa shape index (κ2) is 5.64. The maximum Gasteiger partial charge on any atom is 0.233 e. The topological polar surface area (TPSA) is 84.2 Å². The minimum absolute atomic E-state index is 0.0185. The molecule has 7 heteroatoms. The quantitative estimate of drug-likeness (QED) is 0.935. The van der Waals surface area contributed by atoms with Gasteiger partial charge in [0, 0.05) is 25.6 Å². The molecule has 122 valence electrons. The molecule has 0 bridgehead atoms. The minimum atomic E-state index is -0.0185. The largest absolute Gasteiger partial charge is 0.379 e. The Labute approximate surface area is 135 Å². The smallest absolute Gasteiger partial charge is 0.233 e. The van der Waals surface area contributed by atoms with Gasteiger partial charge >= 0.3 is 0 Å². The van der Waals surface area contributed by atoms with Gasteiger partial charge in [-0.3, -0.25) is 9.78 Å². The fourth-order valence-corrected chi connectivity index (χ4v) is 2.43. The van der Waals surface area contributed by atoms with Crippen LogP contribution in [0.15, 0.2) is 22.9 Å². The predicted molar refractivity (Wildman–Crippen MR) is 85.9 cm³/mol. The lowest BCUT2D eigenvalue weighted by atomic mass is 10.0. The lowest BCUT2D eigenvalue weighted by Crippen LogP contribution is -2.47. The van der Waals surface area contributed by atoms with E-state index in [0.29, 0.717) is 30.5 Å². The molecular weight excluding hydrogens is 294 g/mol. The van der Waals surface area contributed by atoms with Crippen LogP contribution >= 0.6 is 0 Å². The van der Waals surface area contributed by atoms with E-state index in [2.05, 4.69) is 41.2 Å². The van der Waals surface area contributed by atoms with Gasteiger partial charge in [0.1, 0.15) is 5.69 Å². The Morgan fingerprint density at radius 1 is 1.35 bits per heavy atom. The van der Waals surface area contributed by atoms with Gasteiger partial charge in [-0.1, -0.05) is 5.16 Å². The molecule has 0 unspecified atom stereocenters. The first-order valence-corrected chi connectivity index (χ1v) is 7.65. The van der Waals surface area contributed by atoms with Crippen molar-refractivity contribution < 1.29 is 9.32 Å². The number of hydrogen-bond donors (Lipinski definition) is 1.